The normalized spacial score (nSPS) is 42.7. The number of rotatable bonds is 1. The number of nitriles is 2. The highest BCUT2D eigenvalue weighted by molar-refractivity contribution is 5.88. The van der Waals surface area contributed by atoms with Gasteiger partial charge in [-0.1, -0.05) is 30.3 Å². The van der Waals surface area contributed by atoms with Gasteiger partial charge in [0.1, 0.15) is 5.41 Å². The summed E-state index contributed by atoms with van der Waals surface area (Å²) >= 11 is 0. The molecule has 0 unspecified atom stereocenters. The number of hydrogen-bond donors (Lipinski definition) is 0. The Bertz CT molecular complexity index is 921. The molecule has 118 valence electrons. The molecule has 1 aromatic carbocycles. The smallest absolute Gasteiger partial charge is 0.190 e. The molecule has 6 atom stereocenters. The molecule has 1 aromatic rings. The minimum absolute atomic E-state index is 0.123. The van der Waals surface area contributed by atoms with Crippen LogP contribution in [0.4, 0.5) is 0 Å². The summed E-state index contributed by atoms with van der Waals surface area (Å²) in [6.07, 6.45) is 1.93. The van der Waals surface area contributed by atoms with Crippen molar-refractivity contribution in [3.05, 3.63) is 47.0 Å². The number of benzene rings is 1. The first-order valence-corrected chi connectivity index (χ1v) is 8.01. The maximum atomic E-state index is 10.2. The summed E-state index contributed by atoms with van der Waals surface area (Å²) in [5.41, 5.74) is 1.25. The molecular weight excluding hydrogens is 302 g/mol. The zero-order chi connectivity index (χ0) is 16.7. The summed E-state index contributed by atoms with van der Waals surface area (Å²) in [6, 6.07) is 12.9. The average Bonchev–Trinajstić information content (AvgIpc) is 2.72. The summed E-state index contributed by atoms with van der Waals surface area (Å²) in [7, 11) is 3.24. The molecular formula is C19H15N3O2. The second kappa shape index (κ2) is 4.06. The lowest BCUT2D eigenvalue weighted by Gasteiger charge is -2.62. The van der Waals surface area contributed by atoms with Crippen molar-refractivity contribution >= 4 is 5.90 Å². The molecule has 4 aliphatic carbocycles. The van der Waals surface area contributed by atoms with Gasteiger partial charge in [0.2, 0.25) is 0 Å². The Morgan fingerprint density at radius 2 is 2.00 bits per heavy atom. The predicted octanol–water partition coefficient (Wildman–Crippen LogP) is 2.27. The highest BCUT2D eigenvalue weighted by Crippen LogP contribution is 2.75. The topological polar surface area (TPSA) is 78.4 Å². The molecule has 0 amide bonds. The maximum Gasteiger partial charge on any atom is 0.190 e. The lowest BCUT2D eigenvalue weighted by molar-refractivity contribution is -0.195. The Kier molecular flexibility index (Phi) is 2.33. The summed E-state index contributed by atoms with van der Waals surface area (Å²) in [5, 5.41) is 20.0. The van der Waals surface area contributed by atoms with Crippen molar-refractivity contribution in [1.29, 1.82) is 10.5 Å². The van der Waals surface area contributed by atoms with E-state index in [1.807, 2.05) is 30.3 Å². The Labute approximate surface area is 139 Å². The molecule has 5 nitrogen and oxygen atoms in total. The zero-order valence-electron chi connectivity index (χ0n) is 13.4. The summed E-state index contributed by atoms with van der Waals surface area (Å²) in [4.78, 5) is 4.76. The molecule has 24 heavy (non-hydrogen) atoms. The lowest BCUT2D eigenvalue weighted by atomic mass is 9.41. The predicted molar refractivity (Wildman–Crippen MR) is 84.8 cm³/mol. The largest absolute Gasteiger partial charge is 0.484 e. The molecule has 5 heteroatoms. The van der Waals surface area contributed by atoms with Crippen molar-refractivity contribution in [1.82, 2.24) is 0 Å². The molecule has 0 saturated heterocycles. The van der Waals surface area contributed by atoms with Crippen LogP contribution in [0.1, 0.15) is 17.0 Å². The molecule has 1 aliphatic heterocycles. The number of nitrogens with zero attached hydrogens (tertiary/aromatic N) is 3. The van der Waals surface area contributed by atoms with Crippen LogP contribution in [0.3, 0.4) is 0 Å². The molecule has 1 saturated carbocycles. The van der Waals surface area contributed by atoms with Gasteiger partial charge < -0.3 is 9.47 Å². The van der Waals surface area contributed by atoms with Crippen molar-refractivity contribution in [3.8, 4) is 12.1 Å². The van der Waals surface area contributed by atoms with E-state index in [4.69, 9.17) is 14.5 Å². The summed E-state index contributed by atoms with van der Waals surface area (Å²) in [6.45, 7) is 0. The fourth-order valence-electron chi connectivity index (χ4n) is 5.70. The van der Waals surface area contributed by atoms with Crippen LogP contribution in [0.2, 0.25) is 0 Å². The van der Waals surface area contributed by atoms with E-state index in [0.29, 0.717) is 11.5 Å². The molecule has 0 aromatic heterocycles. The first-order chi connectivity index (χ1) is 11.7. The second-order valence-corrected chi connectivity index (χ2v) is 6.87. The van der Waals surface area contributed by atoms with E-state index in [-0.39, 0.29) is 23.7 Å². The van der Waals surface area contributed by atoms with Gasteiger partial charge in [0, 0.05) is 24.5 Å². The fourth-order valence-corrected chi connectivity index (χ4v) is 5.70. The number of methoxy groups -OCH3 is 2. The molecule has 5 aliphatic rings. The van der Waals surface area contributed by atoms with Gasteiger partial charge in [-0.15, -0.1) is 0 Å². The Morgan fingerprint density at radius 1 is 1.21 bits per heavy atom. The van der Waals surface area contributed by atoms with Crippen molar-refractivity contribution in [2.75, 3.05) is 14.2 Å². The molecule has 1 heterocycles. The van der Waals surface area contributed by atoms with Gasteiger partial charge in [-0.05, 0) is 11.1 Å². The first kappa shape index (κ1) is 13.8. The fraction of sp³-hybridized carbons (Fsp3) is 0.421. The zero-order valence-corrected chi connectivity index (χ0v) is 13.4. The van der Waals surface area contributed by atoms with Crippen LogP contribution >= 0.6 is 0 Å². The third-order valence-corrected chi connectivity index (χ3v) is 6.43. The second-order valence-electron chi connectivity index (χ2n) is 6.87. The number of allylic oxidation sites excluding steroid dienone is 1. The van der Waals surface area contributed by atoms with Gasteiger partial charge in [0.05, 0.1) is 31.1 Å². The molecule has 6 bridgehead atoms. The molecule has 1 fully saturated rings. The minimum Gasteiger partial charge on any atom is -0.484 e. The van der Waals surface area contributed by atoms with Crippen LogP contribution in [0.15, 0.2) is 40.9 Å². The molecule has 6 rings (SSSR count). The Balaban J connectivity index is 1.91. The van der Waals surface area contributed by atoms with E-state index in [2.05, 4.69) is 12.1 Å². The van der Waals surface area contributed by atoms with Crippen LogP contribution in [-0.4, -0.2) is 25.8 Å². The summed E-state index contributed by atoms with van der Waals surface area (Å²) < 4.78 is 11.4. The van der Waals surface area contributed by atoms with Crippen molar-refractivity contribution in [3.63, 3.8) is 0 Å². The van der Waals surface area contributed by atoms with E-state index >= 15 is 0 Å². The van der Waals surface area contributed by atoms with Crippen LogP contribution in [0.5, 0.6) is 0 Å². The first-order valence-electron chi connectivity index (χ1n) is 8.01. The number of aliphatic imine (C=N–C) groups is 1. The third kappa shape index (κ3) is 1.09. The minimum atomic E-state index is -0.796. The third-order valence-electron chi connectivity index (χ3n) is 6.43. The van der Waals surface area contributed by atoms with Crippen molar-refractivity contribution < 1.29 is 9.47 Å². The van der Waals surface area contributed by atoms with E-state index in [1.165, 1.54) is 0 Å². The Morgan fingerprint density at radius 3 is 2.67 bits per heavy atom. The van der Waals surface area contributed by atoms with Crippen LogP contribution in [0.25, 0.3) is 0 Å². The monoisotopic (exact) mass is 317 g/mol. The molecule has 0 N–H and O–H groups in total. The highest BCUT2D eigenvalue weighted by atomic mass is 16.5. The van der Waals surface area contributed by atoms with E-state index in [0.717, 1.165) is 11.1 Å². The van der Waals surface area contributed by atoms with Gasteiger partial charge in [-0.3, -0.25) is 0 Å². The van der Waals surface area contributed by atoms with Crippen LogP contribution < -0.4 is 0 Å². The number of hydrogen-bond acceptors (Lipinski definition) is 5. The van der Waals surface area contributed by atoms with Crippen molar-refractivity contribution in [2.45, 2.75) is 17.1 Å². The van der Waals surface area contributed by atoms with Gasteiger partial charge in [0.25, 0.3) is 0 Å². The van der Waals surface area contributed by atoms with Gasteiger partial charge >= 0.3 is 0 Å². The lowest BCUT2D eigenvalue weighted by Crippen LogP contribution is -2.71. The maximum absolute atomic E-state index is 10.2. The summed E-state index contributed by atoms with van der Waals surface area (Å²) in [5.74, 6) is -0.0511. The average molecular weight is 317 g/mol. The van der Waals surface area contributed by atoms with Crippen LogP contribution in [0, 0.1) is 40.4 Å². The Hall–Kier alpha value is -2.63. The van der Waals surface area contributed by atoms with E-state index in [1.54, 1.807) is 14.2 Å². The SMILES string of the molecule is COC1=N[C@]2(OC)[C@H]3C=C(C#N)[C@H]4c5ccccc5[C@]3(C#N)[C@H]2[C@H]14. The van der Waals surface area contributed by atoms with Gasteiger partial charge in [0.15, 0.2) is 11.6 Å². The quantitative estimate of drug-likeness (QED) is 0.796. The van der Waals surface area contributed by atoms with Crippen molar-refractivity contribution in [2.24, 2.45) is 22.7 Å². The molecule has 0 radical (unpaired) electrons. The number of ether oxygens (including phenoxy) is 2. The van der Waals surface area contributed by atoms with Crippen LogP contribution in [-0.2, 0) is 14.9 Å². The molecule has 0 spiro atoms. The van der Waals surface area contributed by atoms with Gasteiger partial charge in [-0.2, -0.15) is 10.5 Å². The van der Waals surface area contributed by atoms with E-state index in [9.17, 15) is 10.5 Å². The van der Waals surface area contributed by atoms with E-state index < -0.39 is 11.1 Å². The standard InChI is InChI=1S/C19H15N3O2/c1-23-17-15-14-10(8-20)7-13-18(9-21,12-6-4-3-5-11(12)14)16(15)19(13,22-17)24-2/h3-7,13-16H,1-2H3/t13-,14-,15+,16+,18-,19-/m0/s1. The highest BCUT2D eigenvalue weighted by Gasteiger charge is 2.82. The van der Waals surface area contributed by atoms with Gasteiger partial charge in [-0.25, -0.2) is 4.99 Å².